The van der Waals surface area contributed by atoms with Gasteiger partial charge >= 0.3 is 0 Å². The summed E-state index contributed by atoms with van der Waals surface area (Å²) in [4.78, 5) is 42.2. The fourth-order valence-electron chi connectivity index (χ4n) is 3.88. The summed E-state index contributed by atoms with van der Waals surface area (Å²) < 4.78 is 0. The van der Waals surface area contributed by atoms with Crippen LogP contribution < -0.4 is 5.73 Å². The van der Waals surface area contributed by atoms with Gasteiger partial charge in [0.2, 0.25) is 11.8 Å². The molecule has 2 aliphatic heterocycles. The number of nitrogens with zero attached hydrogens (tertiary/aromatic N) is 3. The van der Waals surface area contributed by atoms with Crippen LogP contribution in [0.3, 0.4) is 0 Å². The van der Waals surface area contributed by atoms with E-state index < -0.39 is 0 Å². The third-order valence-corrected chi connectivity index (χ3v) is 5.88. The molecule has 7 nitrogen and oxygen atoms in total. The van der Waals surface area contributed by atoms with Gasteiger partial charge in [0.1, 0.15) is 0 Å². The van der Waals surface area contributed by atoms with Gasteiger partial charge in [-0.1, -0.05) is 19.1 Å². The zero-order chi connectivity index (χ0) is 20.1. The summed E-state index contributed by atoms with van der Waals surface area (Å²) in [6.45, 7) is 6.31. The smallest absolute Gasteiger partial charge is 0.253 e. The van der Waals surface area contributed by atoms with Crippen LogP contribution in [0, 0.1) is 5.92 Å². The van der Waals surface area contributed by atoms with E-state index >= 15 is 0 Å². The van der Waals surface area contributed by atoms with Crippen LogP contribution in [-0.2, 0) is 16.0 Å². The summed E-state index contributed by atoms with van der Waals surface area (Å²) in [5, 5.41) is 0. The zero-order valence-electron chi connectivity index (χ0n) is 16.6. The number of hydrogen-bond acceptors (Lipinski definition) is 4. The number of hydrogen-bond donors (Lipinski definition) is 1. The van der Waals surface area contributed by atoms with Crippen molar-refractivity contribution in [3.05, 3.63) is 35.4 Å². The Morgan fingerprint density at radius 1 is 0.929 bits per heavy atom. The summed E-state index contributed by atoms with van der Waals surface area (Å²) in [5.74, 6) is -0.220. The van der Waals surface area contributed by atoms with Crippen LogP contribution in [-0.4, -0.2) is 78.2 Å². The van der Waals surface area contributed by atoms with Crippen molar-refractivity contribution in [2.75, 3.05) is 45.8 Å². The molecule has 0 atom stereocenters. The monoisotopic (exact) mass is 386 g/mol. The van der Waals surface area contributed by atoms with Gasteiger partial charge < -0.3 is 15.5 Å². The average Bonchev–Trinajstić information content (AvgIpc) is 2.74. The van der Waals surface area contributed by atoms with E-state index in [1.807, 2.05) is 34.1 Å². The minimum atomic E-state index is -0.266. The Morgan fingerprint density at radius 3 is 2.07 bits per heavy atom. The number of rotatable bonds is 5. The van der Waals surface area contributed by atoms with Crippen LogP contribution in [0.2, 0.25) is 0 Å². The lowest BCUT2D eigenvalue weighted by Crippen LogP contribution is -2.52. The summed E-state index contributed by atoms with van der Waals surface area (Å²) in [6, 6.07) is 7.80. The second kappa shape index (κ2) is 9.19. The van der Waals surface area contributed by atoms with Crippen molar-refractivity contribution in [3.63, 3.8) is 0 Å². The number of carbonyl (C=O) groups is 3. The molecule has 3 rings (SSSR count). The summed E-state index contributed by atoms with van der Waals surface area (Å²) in [6.07, 6.45) is 2.27. The summed E-state index contributed by atoms with van der Waals surface area (Å²) >= 11 is 0. The molecule has 1 aromatic carbocycles. The SMILES string of the molecule is CCc1ccc(C(=O)N2CCN(CC(=O)N3CCC(C(N)=O)CC3)CC2)cc1. The molecule has 2 N–H and O–H groups in total. The molecule has 7 heteroatoms. The van der Waals surface area contributed by atoms with Gasteiger partial charge in [-0.3, -0.25) is 19.3 Å². The first-order valence-electron chi connectivity index (χ1n) is 10.2. The van der Waals surface area contributed by atoms with E-state index in [1.54, 1.807) is 0 Å². The largest absolute Gasteiger partial charge is 0.369 e. The Balaban J connectivity index is 1.44. The van der Waals surface area contributed by atoms with Crippen LogP contribution in [0.5, 0.6) is 0 Å². The van der Waals surface area contributed by atoms with Gasteiger partial charge in [-0.05, 0) is 37.0 Å². The van der Waals surface area contributed by atoms with Crippen molar-refractivity contribution in [2.24, 2.45) is 11.7 Å². The van der Waals surface area contributed by atoms with Crippen molar-refractivity contribution >= 4 is 17.7 Å². The minimum Gasteiger partial charge on any atom is -0.369 e. The number of amides is 3. The maximum atomic E-state index is 12.7. The molecule has 2 heterocycles. The number of likely N-dealkylation sites (tertiary alicyclic amines) is 1. The number of piperidine rings is 1. The van der Waals surface area contributed by atoms with E-state index in [0.717, 1.165) is 12.0 Å². The van der Waals surface area contributed by atoms with Gasteiger partial charge in [-0.2, -0.15) is 0 Å². The molecule has 0 spiro atoms. The Bertz CT molecular complexity index is 703. The van der Waals surface area contributed by atoms with Crippen molar-refractivity contribution in [1.29, 1.82) is 0 Å². The van der Waals surface area contributed by atoms with Gasteiger partial charge in [0.25, 0.3) is 5.91 Å². The lowest BCUT2D eigenvalue weighted by atomic mass is 9.96. The third-order valence-electron chi connectivity index (χ3n) is 5.88. The number of nitrogens with two attached hydrogens (primary N) is 1. The van der Waals surface area contributed by atoms with E-state index in [9.17, 15) is 14.4 Å². The number of carbonyl (C=O) groups excluding carboxylic acids is 3. The highest BCUT2D eigenvalue weighted by molar-refractivity contribution is 5.94. The first-order valence-corrected chi connectivity index (χ1v) is 10.2. The molecule has 28 heavy (non-hydrogen) atoms. The molecule has 0 unspecified atom stereocenters. The van der Waals surface area contributed by atoms with Crippen LogP contribution in [0.1, 0.15) is 35.7 Å². The van der Waals surface area contributed by atoms with E-state index in [0.29, 0.717) is 58.7 Å². The lowest BCUT2D eigenvalue weighted by molar-refractivity contribution is -0.136. The van der Waals surface area contributed by atoms with Crippen LogP contribution in [0.15, 0.2) is 24.3 Å². The molecule has 0 aliphatic carbocycles. The van der Waals surface area contributed by atoms with Gasteiger partial charge in [0.15, 0.2) is 0 Å². The molecule has 0 bridgehead atoms. The highest BCUT2D eigenvalue weighted by Crippen LogP contribution is 2.17. The lowest BCUT2D eigenvalue weighted by Gasteiger charge is -2.36. The van der Waals surface area contributed by atoms with E-state index in [2.05, 4.69) is 11.8 Å². The maximum absolute atomic E-state index is 12.7. The predicted molar refractivity (Wildman–Crippen MR) is 107 cm³/mol. The fourth-order valence-corrected chi connectivity index (χ4v) is 3.88. The first-order chi connectivity index (χ1) is 13.5. The third kappa shape index (κ3) is 4.90. The Labute approximate surface area is 166 Å². The van der Waals surface area contributed by atoms with Gasteiger partial charge in [-0.25, -0.2) is 0 Å². The Hall–Kier alpha value is -2.41. The molecule has 2 fully saturated rings. The molecule has 0 saturated carbocycles. The molecule has 3 amide bonds. The molecular weight excluding hydrogens is 356 g/mol. The van der Waals surface area contributed by atoms with Crippen molar-refractivity contribution in [3.8, 4) is 0 Å². The summed E-state index contributed by atoms with van der Waals surface area (Å²) in [7, 11) is 0. The Morgan fingerprint density at radius 2 is 1.54 bits per heavy atom. The number of primary amides is 1. The van der Waals surface area contributed by atoms with Crippen molar-refractivity contribution in [2.45, 2.75) is 26.2 Å². The van der Waals surface area contributed by atoms with Crippen LogP contribution in [0.25, 0.3) is 0 Å². The van der Waals surface area contributed by atoms with E-state index in [4.69, 9.17) is 5.73 Å². The zero-order valence-corrected chi connectivity index (χ0v) is 16.6. The summed E-state index contributed by atoms with van der Waals surface area (Å²) in [5.41, 5.74) is 7.29. The normalized spacial score (nSPS) is 18.9. The molecule has 2 aliphatic rings. The topological polar surface area (TPSA) is 87.0 Å². The average molecular weight is 386 g/mol. The predicted octanol–water partition coefficient (Wildman–Crippen LogP) is 0.731. The minimum absolute atomic E-state index is 0.0575. The second-order valence-corrected chi connectivity index (χ2v) is 7.68. The van der Waals surface area contributed by atoms with Crippen LogP contribution in [0.4, 0.5) is 0 Å². The number of piperazine rings is 1. The van der Waals surface area contributed by atoms with Crippen LogP contribution >= 0.6 is 0 Å². The fraction of sp³-hybridized carbons (Fsp3) is 0.571. The van der Waals surface area contributed by atoms with E-state index in [-0.39, 0.29) is 23.6 Å². The first kappa shape index (κ1) is 20.3. The maximum Gasteiger partial charge on any atom is 0.253 e. The number of aryl methyl sites for hydroxylation is 1. The molecule has 2 saturated heterocycles. The molecule has 0 radical (unpaired) electrons. The van der Waals surface area contributed by atoms with E-state index in [1.165, 1.54) is 5.56 Å². The van der Waals surface area contributed by atoms with Gasteiger partial charge in [0.05, 0.1) is 6.54 Å². The standard InChI is InChI=1S/C21H30N4O3/c1-2-16-3-5-18(6-4-16)21(28)25-13-11-23(12-14-25)15-19(26)24-9-7-17(8-10-24)20(22)27/h3-6,17H,2,7-15H2,1H3,(H2,22,27). The van der Waals surface area contributed by atoms with Crippen molar-refractivity contribution in [1.82, 2.24) is 14.7 Å². The Kier molecular flexibility index (Phi) is 6.67. The number of benzene rings is 1. The molecule has 1 aromatic rings. The second-order valence-electron chi connectivity index (χ2n) is 7.68. The molecule has 0 aromatic heterocycles. The van der Waals surface area contributed by atoms with Crippen molar-refractivity contribution < 1.29 is 14.4 Å². The highest BCUT2D eigenvalue weighted by Gasteiger charge is 2.28. The molecular formula is C21H30N4O3. The molecule has 152 valence electrons. The van der Waals surface area contributed by atoms with Gasteiger partial charge in [-0.15, -0.1) is 0 Å². The van der Waals surface area contributed by atoms with Gasteiger partial charge in [0, 0.05) is 50.7 Å². The highest BCUT2D eigenvalue weighted by atomic mass is 16.2. The quantitative estimate of drug-likeness (QED) is 0.808.